The Morgan fingerprint density at radius 2 is 2.00 bits per heavy atom. The third-order valence-corrected chi connectivity index (χ3v) is 6.16. The molecule has 2 saturated heterocycles. The van der Waals surface area contributed by atoms with Crippen molar-refractivity contribution >= 4 is 12.0 Å². The number of rotatable bonds is 2. The number of hydrogen-bond donors (Lipinski definition) is 1. The van der Waals surface area contributed by atoms with Gasteiger partial charge in [-0.15, -0.1) is 0 Å². The summed E-state index contributed by atoms with van der Waals surface area (Å²) in [6.45, 7) is 8.96. The average molecular weight is 371 g/mol. The number of hydrogen-bond acceptors (Lipinski definition) is 4. The molecular formula is C21H29N3O3. The Bertz CT molecular complexity index is 730. The zero-order valence-electron chi connectivity index (χ0n) is 16.4. The molecule has 2 amide bonds. The normalized spacial score (nSPS) is 30.6. The number of aromatic nitrogens is 1. The van der Waals surface area contributed by atoms with E-state index in [0.29, 0.717) is 30.9 Å². The van der Waals surface area contributed by atoms with Crippen LogP contribution in [0.2, 0.25) is 0 Å². The molecule has 6 heteroatoms. The average Bonchev–Trinajstić information content (AvgIpc) is 3.11. The Balaban J connectivity index is 1.37. The maximum Gasteiger partial charge on any atom is 0.407 e. The van der Waals surface area contributed by atoms with Gasteiger partial charge in [-0.05, 0) is 36.8 Å². The van der Waals surface area contributed by atoms with Crippen LogP contribution >= 0.6 is 0 Å². The molecule has 3 fully saturated rings. The van der Waals surface area contributed by atoms with Gasteiger partial charge in [-0.3, -0.25) is 9.78 Å². The van der Waals surface area contributed by atoms with E-state index in [0.717, 1.165) is 31.6 Å². The van der Waals surface area contributed by atoms with Crippen molar-refractivity contribution in [1.82, 2.24) is 15.2 Å². The third kappa shape index (κ3) is 3.66. The van der Waals surface area contributed by atoms with Gasteiger partial charge in [0, 0.05) is 42.4 Å². The SMILES string of the molecule is CC(C)(C)c1cccc(C2[C@H]3CN(C(=O)[C@@H]4CCCOC(=O)NC4)C[C@@H]23)n1. The minimum absolute atomic E-state index is 0.0500. The molecule has 0 bridgehead atoms. The molecule has 146 valence electrons. The van der Waals surface area contributed by atoms with Gasteiger partial charge in [0.1, 0.15) is 0 Å². The maximum absolute atomic E-state index is 12.9. The van der Waals surface area contributed by atoms with E-state index in [9.17, 15) is 9.59 Å². The largest absolute Gasteiger partial charge is 0.450 e. The van der Waals surface area contributed by atoms with Gasteiger partial charge in [-0.25, -0.2) is 4.79 Å². The molecule has 4 rings (SSSR count). The molecule has 6 nitrogen and oxygen atoms in total. The second-order valence-electron chi connectivity index (χ2n) is 9.15. The number of likely N-dealkylation sites (tertiary alicyclic amines) is 1. The van der Waals surface area contributed by atoms with Gasteiger partial charge >= 0.3 is 6.09 Å². The Kier molecular flexibility index (Phi) is 4.60. The van der Waals surface area contributed by atoms with Crippen LogP contribution in [0.4, 0.5) is 4.79 Å². The Labute approximate surface area is 160 Å². The van der Waals surface area contributed by atoms with Crippen molar-refractivity contribution in [2.24, 2.45) is 17.8 Å². The highest BCUT2D eigenvalue weighted by Crippen LogP contribution is 2.58. The monoisotopic (exact) mass is 371 g/mol. The van der Waals surface area contributed by atoms with E-state index in [1.807, 2.05) is 4.90 Å². The van der Waals surface area contributed by atoms with Crippen LogP contribution in [0.1, 0.15) is 50.9 Å². The lowest BCUT2D eigenvalue weighted by Gasteiger charge is -2.27. The van der Waals surface area contributed by atoms with Gasteiger partial charge in [0.25, 0.3) is 0 Å². The maximum atomic E-state index is 12.9. The van der Waals surface area contributed by atoms with Crippen LogP contribution < -0.4 is 5.32 Å². The van der Waals surface area contributed by atoms with Gasteiger partial charge in [-0.1, -0.05) is 26.8 Å². The molecule has 0 radical (unpaired) electrons. The second-order valence-corrected chi connectivity index (χ2v) is 9.15. The topological polar surface area (TPSA) is 71.5 Å². The first-order valence-corrected chi connectivity index (χ1v) is 10.0. The second kappa shape index (κ2) is 6.80. The van der Waals surface area contributed by atoms with Crippen LogP contribution in [0.25, 0.3) is 0 Å². The van der Waals surface area contributed by atoms with E-state index >= 15 is 0 Å². The molecule has 1 aliphatic carbocycles. The van der Waals surface area contributed by atoms with E-state index in [1.54, 1.807) is 0 Å². The molecule has 3 heterocycles. The molecule has 0 aromatic carbocycles. The molecule has 1 aromatic heterocycles. The van der Waals surface area contributed by atoms with Gasteiger partial charge in [0.15, 0.2) is 0 Å². The third-order valence-electron chi connectivity index (χ3n) is 6.16. The fourth-order valence-corrected chi connectivity index (χ4v) is 4.52. The van der Waals surface area contributed by atoms with Crippen molar-refractivity contribution in [3.8, 4) is 0 Å². The summed E-state index contributed by atoms with van der Waals surface area (Å²) in [5.74, 6) is 1.60. The fourth-order valence-electron chi connectivity index (χ4n) is 4.52. The van der Waals surface area contributed by atoms with Crippen molar-refractivity contribution < 1.29 is 14.3 Å². The Morgan fingerprint density at radius 3 is 2.70 bits per heavy atom. The predicted octanol–water partition coefficient (Wildman–Crippen LogP) is 2.69. The van der Waals surface area contributed by atoms with Gasteiger partial charge in [0.2, 0.25) is 5.91 Å². The summed E-state index contributed by atoms with van der Waals surface area (Å²) in [5.41, 5.74) is 2.36. The minimum atomic E-state index is -0.415. The van der Waals surface area contributed by atoms with E-state index in [1.165, 1.54) is 5.69 Å². The highest BCUT2D eigenvalue weighted by atomic mass is 16.5. The summed E-state index contributed by atoms with van der Waals surface area (Å²) >= 11 is 0. The number of piperidine rings is 1. The molecule has 1 unspecified atom stereocenters. The lowest BCUT2D eigenvalue weighted by Crippen LogP contribution is -2.43. The lowest BCUT2D eigenvalue weighted by molar-refractivity contribution is -0.135. The quantitative estimate of drug-likeness (QED) is 0.868. The molecule has 0 spiro atoms. The number of cyclic esters (lactones) is 1. The Morgan fingerprint density at radius 1 is 1.26 bits per heavy atom. The number of carbonyl (C=O) groups is 2. The van der Waals surface area contributed by atoms with E-state index in [4.69, 9.17) is 9.72 Å². The number of ether oxygens (including phenoxy) is 1. The number of pyridine rings is 1. The molecule has 2 aliphatic heterocycles. The minimum Gasteiger partial charge on any atom is -0.450 e. The Hall–Kier alpha value is -2.11. The lowest BCUT2D eigenvalue weighted by atomic mass is 9.91. The van der Waals surface area contributed by atoms with Crippen LogP contribution in [0.5, 0.6) is 0 Å². The first kappa shape index (κ1) is 18.3. The van der Waals surface area contributed by atoms with Crippen molar-refractivity contribution in [2.45, 2.75) is 44.9 Å². The highest BCUT2D eigenvalue weighted by Gasteiger charge is 2.58. The van der Waals surface area contributed by atoms with Crippen LogP contribution in [0.15, 0.2) is 18.2 Å². The van der Waals surface area contributed by atoms with Crippen LogP contribution in [0, 0.1) is 17.8 Å². The standard InChI is InChI=1S/C21H29N3O3/c1-21(2,3)17-8-4-7-16(23-17)18-14-11-24(12-15(14)18)19(25)13-6-5-9-27-20(26)22-10-13/h4,7-8,13-15,18H,5-6,9-12H2,1-3H3,(H,22,26)/t13-,14-,15+,18?/m1/s1. The smallest absolute Gasteiger partial charge is 0.407 e. The summed E-state index contributed by atoms with van der Waals surface area (Å²) < 4.78 is 4.98. The molecule has 4 atom stereocenters. The fraction of sp³-hybridized carbons (Fsp3) is 0.667. The predicted molar refractivity (Wildman–Crippen MR) is 101 cm³/mol. The van der Waals surface area contributed by atoms with E-state index in [2.05, 4.69) is 44.3 Å². The summed E-state index contributed by atoms with van der Waals surface area (Å²) in [4.78, 5) is 31.2. The van der Waals surface area contributed by atoms with Gasteiger partial charge in [0.05, 0.1) is 12.5 Å². The summed E-state index contributed by atoms with van der Waals surface area (Å²) in [7, 11) is 0. The zero-order valence-corrected chi connectivity index (χ0v) is 16.4. The number of nitrogens with one attached hydrogen (secondary N) is 1. The zero-order chi connectivity index (χ0) is 19.2. The van der Waals surface area contributed by atoms with Gasteiger partial charge in [-0.2, -0.15) is 0 Å². The van der Waals surface area contributed by atoms with Crippen molar-refractivity contribution in [3.63, 3.8) is 0 Å². The van der Waals surface area contributed by atoms with Crippen LogP contribution in [0.3, 0.4) is 0 Å². The molecule has 1 saturated carbocycles. The molecular weight excluding hydrogens is 342 g/mol. The van der Waals surface area contributed by atoms with E-state index < -0.39 is 6.09 Å². The molecule has 3 aliphatic rings. The van der Waals surface area contributed by atoms with Crippen LogP contribution in [-0.4, -0.2) is 48.1 Å². The summed E-state index contributed by atoms with van der Waals surface area (Å²) in [5, 5.41) is 2.70. The van der Waals surface area contributed by atoms with Gasteiger partial charge < -0.3 is 15.0 Å². The summed E-state index contributed by atoms with van der Waals surface area (Å²) in [6, 6.07) is 6.35. The van der Waals surface area contributed by atoms with Crippen LogP contribution in [-0.2, 0) is 14.9 Å². The first-order chi connectivity index (χ1) is 12.8. The highest BCUT2D eigenvalue weighted by molar-refractivity contribution is 5.80. The number of fused-ring (bicyclic) bond motifs is 1. The summed E-state index contributed by atoms with van der Waals surface area (Å²) in [6.07, 6.45) is 1.10. The molecule has 1 aromatic rings. The van der Waals surface area contributed by atoms with Crippen molar-refractivity contribution in [2.75, 3.05) is 26.2 Å². The van der Waals surface area contributed by atoms with Crippen molar-refractivity contribution in [1.29, 1.82) is 0 Å². The van der Waals surface area contributed by atoms with E-state index in [-0.39, 0.29) is 17.2 Å². The molecule has 1 N–H and O–H groups in total. The first-order valence-electron chi connectivity index (χ1n) is 10.0. The number of alkyl carbamates (subject to hydrolysis) is 1. The number of nitrogens with zero attached hydrogens (tertiary/aromatic N) is 2. The number of carbonyl (C=O) groups excluding carboxylic acids is 2. The molecule has 27 heavy (non-hydrogen) atoms. The number of amides is 2. The van der Waals surface area contributed by atoms with Crippen molar-refractivity contribution in [3.05, 3.63) is 29.6 Å².